The van der Waals surface area contributed by atoms with Crippen LogP contribution in [0.5, 0.6) is 0 Å². The number of amides is 1. The number of thioether (sulfide) groups is 1. The Kier molecular flexibility index (Phi) is 5.24. The van der Waals surface area contributed by atoms with Crippen molar-refractivity contribution in [3.63, 3.8) is 0 Å². The molecule has 0 saturated carbocycles. The van der Waals surface area contributed by atoms with Crippen molar-refractivity contribution in [2.24, 2.45) is 0 Å². The first kappa shape index (κ1) is 16.6. The maximum absolute atomic E-state index is 12.1. The Hall–Kier alpha value is -2.22. The molecule has 0 spiro atoms. The lowest BCUT2D eigenvalue weighted by molar-refractivity contribution is -0.120. The molecule has 0 fully saturated rings. The van der Waals surface area contributed by atoms with Crippen LogP contribution in [0.4, 0.5) is 0 Å². The van der Waals surface area contributed by atoms with Crippen molar-refractivity contribution in [3.05, 3.63) is 81.3 Å². The first-order valence-corrected chi connectivity index (χ1v) is 8.90. The zero-order valence-electron chi connectivity index (χ0n) is 12.8. The molecule has 120 valence electrons. The van der Waals surface area contributed by atoms with Gasteiger partial charge in [-0.3, -0.25) is 4.79 Å². The van der Waals surface area contributed by atoms with E-state index < -0.39 is 0 Å². The van der Waals surface area contributed by atoms with Crippen molar-refractivity contribution in [2.45, 2.75) is 18.1 Å². The number of hydrogen-bond acceptors (Lipinski definition) is 3. The van der Waals surface area contributed by atoms with Gasteiger partial charge in [0.15, 0.2) is 0 Å². The largest absolute Gasteiger partial charge is 0.320 e. The summed E-state index contributed by atoms with van der Waals surface area (Å²) in [6.45, 7) is 0. The molecule has 3 nitrogen and oxygen atoms in total. The van der Waals surface area contributed by atoms with E-state index in [1.165, 1.54) is 11.8 Å². The van der Waals surface area contributed by atoms with Crippen molar-refractivity contribution in [1.29, 1.82) is 5.26 Å². The van der Waals surface area contributed by atoms with Crippen LogP contribution in [0.3, 0.4) is 0 Å². The van der Waals surface area contributed by atoms with Crippen molar-refractivity contribution in [3.8, 4) is 6.07 Å². The lowest BCUT2D eigenvalue weighted by Crippen LogP contribution is -2.30. The van der Waals surface area contributed by atoms with E-state index in [0.717, 1.165) is 11.1 Å². The Morgan fingerprint density at radius 2 is 1.88 bits per heavy atom. The zero-order chi connectivity index (χ0) is 16.9. The molecule has 1 atom stereocenters. The molecule has 24 heavy (non-hydrogen) atoms. The van der Waals surface area contributed by atoms with Gasteiger partial charge in [-0.15, -0.1) is 11.8 Å². The summed E-state index contributed by atoms with van der Waals surface area (Å²) in [4.78, 5) is 12.1. The van der Waals surface area contributed by atoms with E-state index in [2.05, 4.69) is 11.4 Å². The Bertz CT molecular complexity index is 827. The topological polar surface area (TPSA) is 52.9 Å². The van der Waals surface area contributed by atoms with Crippen molar-refractivity contribution < 1.29 is 4.79 Å². The summed E-state index contributed by atoms with van der Waals surface area (Å²) in [6, 6.07) is 19.6. The van der Waals surface area contributed by atoms with E-state index in [1.54, 1.807) is 6.07 Å². The molecule has 0 aromatic heterocycles. The number of allylic oxidation sites excluding steroid dienone is 1. The van der Waals surface area contributed by atoms with E-state index >= 15 is 0 Å². The van der Waals surface area contributed by atoms with Crippen LogP contribution in [0, 0.1) is 11.3 Å². The highest BCUT2D eigenvalue weighted by Gasteiger charge is 2.30. The van der Waals surface area contributed by atoms with Gasteiger partial charge in [0.2, 0.25) is 5.91 Å². The third-order valence-corrected chi connectivity index (χ3v) is 5.30. The second kappa shape index (κ2) is 7.57. The Morgan fingerprint density at radius 1 is 1.17 bits per heavy atom. The van der Waals surface area contributed by atoms with Gasteiger partial charge < -0.3 is 5.32 Å². The molecule has 2 aromatic rings. The lowest BCUT2D eigenvalue weighted by atomic mass is 9.87. The van der Waals surface area contributed by atoms with Crippen molar-refractivity contribution in [1.82, 2.24) is 5.32 Å². The first-order chi connectivity index (χ1) is 11.7. The third-order valence-electron chi connectivity index (χ3n) is 3.86. The number of nitriles is 1. The quantitative estimate of drug-likeness (QED) is 0.872. The van der Waals surface area contributed by atoms with Crippen LogP contribution in [-0.2, 0) is 10.5 Å². The molecule has 1 aliphatic heterocycles. The molecular formula is C19H15ClN2OS. The van der Waals surface area contributed by atoms with Gasteiger partial charge in [-0.05, 0) is 17.2 Å². The Morgan fingerprint density at radius 3 is 2.58 bits per heavy atom. The van der Waals surface area contributed by atoms with Crippen molar-refractivity contribution >= 4 is 29.3 Å². The number of nitrogens with zero attached hydrogens (tertiary/aromatic N) is 1. The summed E-state index contributed by atoms with van der Waals surface area (Å²) < 4.78 is 0. The van der Waals surface area contributed by atoms with E-state index in [4.69, 9.17) is 11.6 Å². The van der Waals surface area contributed by atoms with Gasteiger partial charge in [-0.2, -0.15) is 5.26 Å². The van der Waals surface area contributed by atoms with Crippen LogP contribution in [0.1, 0.15) is 23.5 Å². The third kappa shape index (κ3) is 3.64. The summed E-state index contributed by atoms with van der Waals surface area (Å²) in [7, 11) is 0. The standard InChI is InChI=1S/C19H15ClN2OS/c20-17-9-5-4-8-14(17)15-10-18(23)22-19(16(15)11-21)24-12-13-6-2-1-3-7-13/h1-9,15H,10,12H2,(H,22,23)/t15-/m1/s1. The molecule has 0 aliphatic carbocycles. The minimum absolute atomic E-state index is 0.0884. The van der Waals surface area contributed by atoms with Gasteiger partial charge in [-0.1, -0.05) is 60.1 Å². The highest BCUT2D eigenvalue weighted by molar-refractivity contribution is 8.02. The molecule has 1 heterocycles. The summed E-state index contributed by atoms with van der Waals surface area (Å²) in [5.41, 5.74) is 2.54. The number of halogens is 1. The first-order valence-electron chi connectivity index (χ1n) is 7.54. The highest BCUT2D eigenvalue weighted by Crippen LogP contribution is 2.39. The minimum Gasteiger partial charge on any atom is -0.320 e. The Labute approximate surface area is 150 Å². The van der Waals surface area contributed by atoms with Crippen LogP contribution >= 0.6 is 23.4 Å². The second-order valence-electron chi connectivity index (χ2n) is 5.46. The van der Waals surface area contributed by atoms with Crippen LogP contribution < -0.4 is 5.32 Å². The fourth-order valence-corrected chi connectivity index (χ4v) is 3.99. The smallest absolute Gasteiger partial charge is 0.225 e. The second-order valence-corrected chi connectivity index (χ2v) is 6.85. The predicted octanol–water partition coefficient (Wildman–Crippen LogP) is 4.61. The molecule has 0 radical (unpaired) electrons. The fraction of sp³-hybridized carbons (Fsp3) is 0.158. The normalized spacial score (nSPS) is 17.3. The number of carbonyl (C=O) groups is 1. The zero-order valence-corrected chi connectivity index (χ0v) is 14.4. The van der Waals surface area contributed by atoms with Gasteiger partial charge in [-0.25, -0.2) is 0 Å². The fourth-order valence-electron chi connectivity index (χ4n) is 2.69. The molecule has 1 aliphatic rings. The molecule has 0 bridgehead atoms. The number of nitrogens with one attached hydrogen (secondary N) is 1. The Balaban J connectivity index is 1.91. The number of carbonyl (C=O) groups excluding carboxylic acids is 1. The monoisotopic (exact) mass is 354 g/mol. The molecule has 0 unspecified atom stereocenters. The van der Waals surface area contributed by atoms with Crippen LogP contribution in [0.15, 0.2) is 65.2 Å². The van der Waals surface area contributed by atoms with Gasteiger partial charge in [0.1, 0.15) is 0 Å². The summed E-state index contributed by atoms with van der Waals surface area (Å²) in [5.74, 6) is 0.307. The molecular weight excluding hydrogens is 340 g/mol. The maximum atomic E-state index is 12.1. The van der Waals surface area contributed by atoms with Crippen LogP contribution in [0.25, 0.3) is 0 Å². The molecule has 1 amide bonds. The van der Waals surface area contributed by atoms with Gasteiger partial charge in [0.05, 0.1) is 16.7 Å². The van der Waals surface area contributed by atoms with Gasteiger partial charge in [0.25, 0.3) is 0 Å². The number of benzene rings is 2. The summed E-state index contributed by atoms with van der Waals surface area (Å²) in [6.07, 6.45) is 0.238. The van der Waals surface area contributed by atoms with E-state index in [0.29, 0.717) is 21.4 Å². The molecule has 2 aromatic carbocycles. The summed E-state index contributed by atoms with van der Waals surface area (Å²) in [5, 5.41) is 13.7. The van der Waals surface area contributed by atoms with Crippen molar-refractivity contribution in [2.75, 3.05) is 0 Å². The summed E-state index contributed by atoms with van der Waals surface area (Å²) >= 11 is 7.75. The average Bonchev–Trinajstić information content (AvgIpc) is 2.61. The maximum Gasteiger partial charge on any atom is 0.225 e. The highest BCUT2D eigenvalue weighted by atomic mass is 35.5. The van der Waals surface area contributed by atoms with E-state index in [9.17, 15) is 10.1 Å². The predicted molar refractivity (Wildman–Crippen MR) is 97.3 cm³/mol. The molecule has 5 heteroatoms. The lowest BCUT2D eigenvalue weighted by Gasteiger charge is -2.25. The minimum atomic E-state index is -0.296. The van der Waals surface area contributed by atoms with Gasteiger partial charge in [0, 0.05) is 23.1 Å². The van der Waals surface area contributed by atoms with E-state index in [-0.39, 0.29) is 18.2 Å². The van der Waals surface area contributed by atoms with Crippen LogP contribution in [-0.4, -0.2) is 5.91 Å². The molecule has 3 rings (SSSR count). The number of hydrogen-bond donors (Lipinski definition) is 1. The van der Waals surface area contributed by atoms with Crippen LogP contribution in [0.2, 0.25) is 5.02 Å². The average molecular weight is 355 g/mol. The molecule has 0 saturated heterocycles. The SMILES string of the molecule is N#CC1=C(SCc2ccccc2)NC(=O)C[C@@H]1c1ccccc1Cl. The van der Waals surface area contributed by atoms with Gasteiger partial charge >= 0.3 is 0 Å². The van der Waals surface area contributed by atoms with E-state index in [1.807, 2.05) is 48.5 Å². The number of rotatable bonds is 4. The molecule has 1 N–H and O–H groups in total.